The fourth-order valence-electron chi connectivity index (χ4n) is 5.21. The third-order valence-electron chi connectivity index (χ3n) is 5.63. The monoisotopic (exact) mass is 459 g/mol. The first-order valence-corrected chi connectivity index (χ1v) is 13.4. The number of hydrogen-bond donors (Lipinski definition) is 1. The molecule has 0 rings (SSSR count). The predicted molar refractivity (Wildman–Crippen MR) is 134 cm³/mol. The average molecular weight is 460 g/mol. The summed E-state index contributed by atoms with van der Waals surface area (Å²) in [5.41, 5.74) is -1.62. The quantitative estimate of drug-likeness (QED) is 0.289. The lowest BCUT2D eigenvalue weighted by atomic mass is 9.90. The highest BCUT2D eigenvalue weighted by Crippen LogP contribution is 2.56. The lowest BCUT2D eigenvalue weighted by Gasteiger charge is -2.56. The number of rotatable bonds is 10. The molecule has 0 aliphatic carbocycles. The van der Waals surface area contributed by atoms with Crippen molar-refractivity contribution in [1.82, 2.24) is 5.32 Å². The number of ether oxygens (including phenoxy) is 1. The molecule has 0 aromatic carbocycles. The van der Waals surface area contributed by atoms with Gasteiger partial charge in [-0.05, 0) is 68.9 Å². The van der Waals surface area contributed by atoms with Crippen LogP contribution in [0.25, 0.3) is 0 Å². The first-order chi connectivity index (χ1) is 13.3. The van der Waals surface area contributed by atoms with Gasteiger partial charge in [0.25, 0.3) is 0 Å². The Bertz CT molecular complexity index is 596. The van der Waals surface area contributed by atoms with Crippen LogP contribution in [0.15, 0.2) is 0 Å². The summed E-state index contributed by atoms with van der Waals surface area (Å²) in [7, 11) is -0.899. The highest BCUT2D eigenvalue weighted by Gasteiger charge is 2.62. The number of carbonyl (C=O) groups is 1. The predicted octanol–water partition coefficient (Wildman–Crippen LogP) is 6.74. The maximum absolute atomic E-state index is 11.6. The number of hydrogen-bond acceptors (Lipinski definition) is 5. The number of esters is 1. The van der Waals surface area contributed by atoms with Gasteiger partial charge in [-0.1, -0.05) is 41.5 Å². The lowest BCUT2D eigenvalue weighted by molar-refractivity contribution is -0.158. The zero-order chi connectivity index (χ0) is 25.3. The molecule has 1 N–H and O–H groups in total. The normalized spacial score (nSPS) is 15.2. The molecule has 6 heteroatoms. The van der Waals surface area contributed by atoms with Gasteiger partial charge >= 0.3 is 14.5 Å². The van der Waals surface area contributed by atoms with Gasteiger partial charge in [0.1, 0.15) is 5.60 Å². The molecule has 0 saturated heterocycles. The molecule has 0 aliphatic heterocycles. The minimum absolute atomic E-state index is 0.0632. The summed E-state index contributed by atoms with van der Waals surface area (Å²) in [4.78, 5) is 11.6. The van der Waals surface area contributed by atoms with Crippen molar-refractivity contribution in [3.63, 3.8) is 0 Å². The van der Waals surface area contributed by atoms with Crippen LogP contribution in [0.5, 0.6) is 0 Å². The number of carbonyl (C=O) groups excluding carboxylic acids is 1. The van der Waals surface area contributed by atoms with E-state index in [9.17, 15) is 4.79 Å². The summed E-state index contributed by atoms with van der Waals surface area (Å²) in [5.74, 6) is -0.275. The van der Waals surface area contributed by atoms with Crippen LogP contribution in [-0.4, -0.2) is 43.9 Å². The zero-order valence-electron chi connectivity index (χ0n) is 23.5. The topological polar surface area (TPSA) is 56.8 Å². The SMILES string of the molecule is CNC(C)(C)CC(C)(C)O[Si](OC(C)(C)CC(C)(C)OC(C)=O)(C(C)(C)C)C(C)(C)C. The average Bonchev–Trinajstić information content (AvgIpc) is 2.39. The first-order valence-electron chi connectivity index (χ1n) is 11.6. The van der Waals surface area contributed by atoms with Gasteiger partial charge in [-0.2, -0.15) is 0 Å². The Morgan fingerprint density at radius 2 is 1.03 bits per heavy atom. The van der Waals surface area contributed by atoms with E-state index in [4.69, 9.17) is 13.6 Å². The van der Waals surface area contributed by atoms with Gasteiger partial charge in [-0.15, -0.1) is 0 Å². The lowest BCUT2D eigenvalue weighted by Crippen LogP contribution is -2.64. The molecule has 0 unspecified atom stereocenters. The fourth-order valence-corrected chi connectivity index (χ4v) is 10.4. The van der Waals surface area contributed by atoms with Gasteiger partial charge in [0, 0.05) is 29.0 Å². The van der Waals surface area contributed by atoms with E-state index in [1.165, 1.54) is 6.92 Å². The Morgan fingerprint density at radius 1 is 0.677 bits per heavy atom. The molecule has 0 aromatic rings. The highest BCUT2D eigenvalue weighted by atomic mass is 28.4. The van der Waals surface area contributed by atoms with Crippen LogP contribution in [0.1, 0.15) is 117 Å². The molecule has 0 amide bonds. The van der Waals surface area contributed by atoms with E-state index in [-0.39, 0.29) is 27.2 Å². The van der Waals surface area contributed by atoms with Crippen molar-refractivity contribution in [2.45, 2.75) is 149 Å². The van der Waals surface area contributed by atoms with Gasteiger partial charge in [-0.3, -0.25) is 4.79 Å². The molecular formula is C25H53NO4Si. The van der Waals surface area contributed by atoms with E-state index in [0.717, 1.165) is 6.42 Å². The zero-order valence-corrected chi connectivity index (χ0v) is 24.5. The van der Waals surface area contributed by atoms with E-state index in [1.807, 2.05) is 20.9 Å². The largest absolute Gasteiger partial charge is 0.460 e. The Kier molecular flexibility index (Phi) is 9.30. The molecule has 0 fully saturated rings. The molecule has 0 aromatic heterocycles. The Balaban J connectivity index is 6.33. The van der Waals surface area contributed by atoms with E-state index >= 15 is 0 Å². The third-order valence-corrected chi connectivity index (χ3v) is 11.3. The van der Waals surface area contributed by atoms with E-state index in [0.29, 0.717) is 6.42 Å². The summed E-state index contributed by atoms with van der Waals surface area (Å²) in [6, 6.07) is 0. The molecule has 0 heterocycles. The second-order valence-corrected chi connectivity index (χ2v) is 18.3. The van der Waals surface area contributed by atoms with E-state index in [1.54, 1.807) is 0 Å². The van der Waals surface area contributed by atoms with Crippen molar-refractivity contribution in [2.75, 3.05) is 7.05 Å². The van der Waals surface area contributed by atoms with Crippen molar-refractivity contribution in [1.29, 1.82) is 0 Å². The molecule has 0 aliphatic rings. The van der Waals surface area contributed by atoms with Crippen LogP contribution in [0.4, 0.5) is 0 Å². The highest BCUT2D eigenvalue weighted by molar-refractivity contribution is 6.73. The molecule has 5 nitrogen and oxygen atoms in total. The van der Waals surface area contributed by atoms with Crippen LogP contribution < -0.4 is 5.32 Å². The van der Waals surface area contributed by atoms with Crippen LogP contribution in [-0.2, 0) is 18.4 Å². The van der Waals surface area contributed by atoms with Crippen LogP contribution in [0.2, 0.25) is 10.1 Å². The van der Waals surface area contributed by atoms with Crippen molar-refractivity contribution in [3.05, 3.63) is 0 Å². The molecule has 0 atom stereocenters. The summed E-state index contributed by atoms with van der Waals surface area (Å²) >= 11 is 0. The third kappa shape index (κ3) is 9.15. The molecular weight excluding hydrogens is 406 g/mol. The molecule has 0 saturated carbocycles. The van der Waals surface area contributed by atoms with Crippen molar-refractivity contribution in [2.24, 2.45) is 0 Å². The van der Waals surface area contributed by atoms with Gasteiger partial charge in [0.15, 0.2) is 0 Å². The summed E-state index contributed by atoms with van der Waals surface area (Å²) < 4.78 is 19.9. The van der Waals surface area contributed by atoms with Gasteiger partial charge in [0.2, 0.25) is 0 Å². The second-order valence-electron chi connectivity index (χ2n) is 13.7. The number of nitrogens with one attached hydrogen (secondary N) is 1. The Hall–Kier alpha value is -0.433. The molecule has 0 spiro atoms. The molecule has 0 radical (unpaired) electrons. The maximum Gasteiger partial charge on any atom is 0.350 e. The van der Waals surface area contributed by atoms with Gasteiger partial charge < -0.3 is 18.9 Å². The van der Waals surface area contributed by atoms with Crippen LogP contribution >= 0.6 is 0 Å². The smallest absolute Gasteiger partial charge is 0.350 e. The summed E-state index contributed by atoms with van der Waals surface area (Å²) in [6.45, 7) is 31.6. The second kappa shape index (κ2) is 9.44. The maximum atomic E-state index is 11.6. The van der Waals surface area contributed by atoms with Gasteiger partial charge in [0.05, 0.1) is 11.2 Å². The van der Waals surface area contributed by atoms with Crippen molar-refractivity contribution < 1.29 is 18.4 Å². The van der Waals surface area contributed by atoms with E-state index in [2.05, 4.69) is 88.4 Å². The Morgan fingerprint density at radius 3 is 1.32 bits per heavy atom. The Labute approximate surface area is 194 Å². The molecule has 0 bridgehead atoms. The van der Waals surface area contributed by atoms with Crippen molar-refractivity contribution in [3.8, 4) is 0 Å². The summed E-state index contributed by atoms with van der Waals surface area (Å²) in [5, 5.41) is 3.03. The minimum atomic E-state index is -2.89. The summed E-state index contributed by atoms with van der Waals surface area (Å²) in [6.07, 6.45) is 1.42. The molecule has 186 valence electrons. The minimum Gasteiger partial charge on any atom is -0.460 e. The van der Waals surface area contributed by atoms with Crippen LogP contribution in [0, 0.1) is 0 Å². The van der Waals surface area contributed by atoms with Crippen LogP contribution in [0.3, 0.4) is 0 Å². The van der Waals surface area contributed by atoms with E-state index < -0.39 is 19.8 Å². The van der Waals surface area contributed by atoms with Crippen molar-refractivity contribution >= 4 is 14.5 Å². The first kappa shape index (κ1) is 30.6. The molecule has 31 heavy (non-hydrogen) atoms. The fraction of sp³-hybridized carbons (Fsp3) is 0.960. The van der Waals surface area contributed by atoms with Gasteiger partial charge in [-0.25, -0.2) is 0 Å². The standard InChI is InChI=1S/C25H53NO4Si/c1-19(27)28-23(10,11)18-25(14,15)30-31(20(2,3)4,21(5,6)7)29-24(12,13)17-22(8,9)26-16/h26H,17-18H2,1-16H3.